The number of aromatic nitrogens is 1. The molecule has 0 bridgehead atoms. The third-order valence-electron chi connectivity index (χ3n) is 6.45. The molecule has 38 heavy (non-hydrogen) atoms. The molecule has 1 aliphatic heterocycles. The Morgan fingerprint density at radius 2 is 1.95 bits per heavy atom. The van der Waals surface area contributed by atoms with Gasteiger partial charge in [0.15, 0.2) is 15.1 Å². The quantitative estimate of drug-likeness (QED) is 0.514. The second-order valence-electron chi connectivity index (χ2n) is 9.65. The molecule has 1 saturated carbocycles. The van der Waals surface area contributed by atoms with E-state index in [-0.39, 0.29) is 29.0 Å². The zero-order chi connectivity index (χ0) is 27.2. The SMILES string of the molecule is CC(C)S(=O)(=O)C(C(=O)NCC(=O)NC1CC1)c1nc2cc(F)c(C3C=CC4=NC(=O)C=CC4=C3)cc2s1. The van der Waals surface area contributed by atoms with Gasteiger partial charge in [-0.3, -0.25) is 14.4 Å². The maximum atomic E-state index is 15.2. The van der Waals surface area contributed by atoms with Crippen molar-refractivity contribution in [3.8, 4) is 0 Å². The highest BCUT2D eigenvalue weighted by molar-refractivity contribution is 7.93. The fraction of sp³-hybridized carbons (Fsp3) is 0.346. The van der Waals surface area contributed by atoms with Crippen molar-refractivity contribution in [1.82, 2.24) is 15.6 Å². The van der Waals surface area contributed by atoms with Crippen LogP contribution in [-0.4, -0.2) is 54.7 Å². The van der Waals surface area contributed by atoms with Crippen LogP contribution in [0.15, 0.2) is 53.1 Å². The minimum absolute atomic E-state index is 0.00559. The molecule has 2 aromatic rings. The van der Waals surface area contributed by atoms with E-state index >= 15 is 4.39 Å². The van der Waals surface area contributed by atoms with Gasteiger partial charge in [-0.15, -0.1) is 11.3 Å². The number of sulfone groups is 1. The van der Waals surface area contributed by atoms with Crippen LogP contribution >= 0.6 is 11.3 Å². The molecule has 1 fully saturated rings. The van der Waals surface area contributed by atoms with E-state index in [0.717, 1.165) is 24.2 Å². The van der Waals surface area contributed by atoms with Gasteiger partial charge in [-0.25, -0.2) is 22.8 Å². The lowest BCUT2D eigenvalue weighted by atomic mass is 9.89. The Bertz CT molecular complexity index is 1580. The monoisotopic (exact) mass is 556 g/mol. The van der Waals surface area contributed by atoms with Crippen LogP contribution in [0.1, 0.15) is 48.4 Å². The van der Waals surface area contributed by atoms with Gasteiger partial charge >= 0.3 is 0 Å². The fourth-order valence-electron chi connectivity index (χ4n) is 4.17. The smallest absolute Gasteiger partial charge is 0.270 e. The second-order valence-corrected chi connectivity index (χ2v) is 13.3. The highest BCUT2D eigenvalue weighted by atomic mass is 32.2. The molecule has 2 unspecified atom stereocenters. The number of carbonyl (C=O) groups is 3. The van der Waals surface area contributed by atoms with Crippen molar-refractivity contribution in [2.45, 2.75) is 49.1 Å². The first-order valence-corrected chi connectivity index (χ1v) is 14.6. The Hall–Kier alpha value is -3.51. The molecular weight excluding hydrogens is 531 g/mol. The number of carbonyl (C=O) groups excluding carboxylic acids is 3. The van der Waals surface area contributed by atoms with Gasteiger partial charge in [0.05, 0.1) is 27.7 Å². The molecule has 3 amide bonds. The maximum absolute atomic E-state index is 15.2. The molecule has 2 aliphatic carbocycles. The van der Waals surface area contributed by atoms with Crippen LogP contribution in [0.4, 0.5) is 4.39 Å². The molecule has 9 nitrogen and oxygen atoms in total. The van der Waals surface area contributed by atoms with Crippen LogP contribution in [0, 0.1) is 5.82 Å². The lowest BCUT2D eigenvalue weighted by Gasteiger charge is -2.18. The van der Waals surface area contributed by atoms with Crippen molar-refractivity contribution >= 4 is 54.8 Å². The summed E-state index contributed by atoms with van der Waals surface area (Å²) in [7, 11) is -4.01. The van der Waals surface area contributed by atoms with Gasteiger partial charge in [-0.1, -0.05) is 12.2 Å². The van der Waals surface area contributed by atoms with Crippen molar-refractivity contribution in [3.05, 3.63) is 64.5 Å². The molecule has 2 atom stereocenters. The highest BCUT2D eigenvalue weighted by Crippen LogP contribution is 2.37. The molecule has 1 aromatic heterocycles. The van der Waals surface area contributed by atoms with Crippen molar-refractivity contribution in [1.29, 1.82) is 0 Å². The summed E-state index contributed by atoms with van der Waals surface area (Å²) in [5.74, 6) is -2.59. The standard InChI is InChI=1S/C26H25FN4O5S2/c1-13(2)38(35,36)24(25(34)28-12-23(33)29-16-5-6-16)26-31-20-11-18(27)17(10-21(20)37-26)14-3-7-19-15(9-14)4-8-22(32)30-19/h3-4,7-11,13-14,16,24H,5-6,12H2,1-2H3,(H,28,34)(H,29,33). The van der Waals surface area contributed by atoms with Gasteiger partial charge in [0.25, 0.3) is 5.91 Å². The van der Waals surface area contributed by atoms with E-state index in [1.165, 1.54) is 26.0 Å². The van der Waals surface area contributed by atoms with Crippen LogP contribution in [0.3, 0.4) is 0 Å². The van der Waals surface area contributed by atoms with Gasteiger partial charge in [-0.2, -0.15) is 0 Å². The van der Waals surface area contributed by atoms with E-state index in [9.17, 15) is 22.8 Å². The summed E-state index contributed by atoms with van der Waals surface area (Å²) in [5, 5.41) is 2.65. The summed E-state index contributed by atoms with van der Waals surface area (Å²) < 4.78 is 42.1. The molecule has 0 radical (unpaired) electrons. The maximum Gasteiger partial charge on any atom is 0.270 e. The number of nitrogens with one attached hydrogen (secondary N) is 2. The van der Waals surface area contributed by atoms with Crippen LogP contribution in [0.2, 0.25) is 0 Å². The van der Waals surface area contributed by atoms with E-state index in [1.54, 1.807) is 30.4 Å². The molecule has 12 heteroatoms. The molecular formula is C26H25FN4O5S2. The van der Waals surface area contributed by atoms with E-state index in [2.05, 4.69) is 20.6 Å². The zero-order valence-electron chi connectivity index (χ0n) is 20.6. The summed E-state index contributed by atoms with van der Waals surface area (Å²) in [5.41, 5.74) is 1.78. The number of halogens is 1. The summed E-state index contributed by atoms with van der Waals surface area (Å²) in [6.07, 6.45) is 9.93. The first-order valence-electron chi connectivity index (χ1n) is 12.1. The lowest BCUT2D eigenvalue weighted by molar-refractivity contribution is -0.126. The number of thiazole rings is 1. The van der Waals surface area contributed by atoms with Gasteiger partial charge in [0.2, 0.25) is 11.8 Å². The average Bonchev–Trinajstić information content (AvgIpc) is 3.58. The van der Waals surface area contributed by atoms with E-state index in [1.807, 2.05) is 0 Å². The normalized spacial score (nSPS) is 19.7. The minimum atomic E-state index is -4.01. The summed E-state index contributed by atoms with van der Waals surface area (Å²) in [6, 6.07) is 2.92. The van der Waals surface area contributed by atoms with Gasteiger partial charge < -0.3 is 10.6 Å². The van der Waals surface area contributed by atoms with Crippen molar-refractivity contribution in [2.24, 2.45) is 4.99 Å². The Balaban J connectivity index is 1.46. The third kappa shape index (κ3) is 5.23. The van der Waals surface area contributed by atoms with Gasteiger partial charge in [0.1, 0.15) is 10.8 Å². The summed E-state index contributed by atoms with van der Waals surface area (Å²) >= 11 is 0.997. The topological polar surface area (TPSA) is 135 Å². The van der Waals surface area contributed by atoms with Crippen LogP contribution in [0.5, 0.6) is 0 Å². The molecule has 0 spiro atoms. The molecule has 2 heterocycles. The molecule has 198 valence electrons. The molecule has 0 saturated heterocycles. The van der Waals surface area contributed by atoms with E-state index in [0.29, 0.717) is 21.5 Å². The molecule has 2 N–H and O–H groups in total. The van der Waals surface area contributed by atoms with Crippen molar-refractivity contribution in [3.63, 3.8) is 0 Å². The number of fused-ring (bicyclic) bond motifs is 2. The number of benzene rings is 1. The van der Waals surface area contributed by atoms with E-state index < -0.39 is 43.9 Å². The fourth-order valence-corrected chi connectivity index (χ4v) is 6.95. The number of nitrogens with zero attached hydrogens (tertiary/aromatic N) is 2. The zero-order valence-corrected chi connectivity index (χ0v) is 22.2. The van der Waals surface area contributed by atoms with Crippen LogP contribution in [-0.2, 0) is 24.2 Å². The second kappa shape index (κ2) is 9.99. The predicted molar refractivity (Wildman–Crippen MR) is 142 cm³/mol. The first kappa shape index (κ1) is 26.1. The number of aliphatic imine (C=N–C) groups is 1. The molecule has 3 aliphatic rings. The number of dihydropyridines is 1. The first-order chi connectivity index (χ1) is 18.0. The number of amides is 3. The largest absolute Gasteiger partial charge is 0.352 e. The Morgan fingerprint density at radius 3 is 2.66 bits per heavy atom. The van der Waals surface area contributed by atoms with Gasteiger partial charge in [0, 0.05) is 29.7 Å². The van der Waals surface area contributed by atoms with Gasteiger partial charge in [-0.05, 0) is 50.5 Å². The Morgan fingerprint density at radius 1 is 1.18 bits per heavy atom. The third-order valence-corrected chi connectivity index (χ3v) is 10.1. The van der Waals surface area contributed by atoms with Crippen LogP contribution < -0.4 is 10.6 Å². The molecule has 5 rings (SSSR count). The lowest BCUT2D eigenvalue weighted by Crippen LogP contribution is -2.42. The predicted octanol–water partition coefficient (Wildman–Crippen LogP) is 2.81. The van der Waals surface area contributed by atoms with E-state index in [4.69, 9.17) is 0 Å². The number of hydrogen-bond acceptors (Lipinski definition) is 7. The number of hydrogen-bond donors (Lipinski definition) is 2. The Kier molecular flexibility index (Phi) is 6.86. The number of rotatable bonds is 8. The number of allylic oxidation sites excluding steroid dienone is 5. The average molecular weight is 557 g/mol. The Labute approximate surface area is 222 Å². The summed E-state index contributed by atoms with van der Waals surface area (Å²) in [6.45, 7) is 2.58. The summed E-state index contributed by atoms with van der Waals surface area (Å²) in [4.78, 5) is 44.9. The molecule has 1 aromatic carbocycles. The minimum Gasteiger partial charge on any atom is -0.352 e. The van der Waals surface area contributed by atoms with Crippen LogP contribution in [0.25, 0.3) is 10.2 Å². The highest BCUT2D eigenvalue weighted by Gasteiger charge is 2.39. The van der Waals surface area contributed by atoms with Crippen molar-refractivity contribution in [2.75, 3.05) is 6.54 Å². The van der Waals surface area contributed by atoms with Crippen molar-refractivity contribution < 1.29 is 27.2 Å².